The molecule has 0 aromatic heterocycles. The van der Waals surface area contributed by atoms with E-state index in [0.29, 0.717) is 24.7 Å². The lowest BCUT2D eigenvalue weighted by atomic mass is 10.1. The molecule has 0 unspecified atom stereocenters. The van der Waals surface area contributed by atoms with Crippen LogP contribution in [0.15, 0.2) is 53.3 Å². The minimum Gasteiger partial charge on any atom is -0.494 e. The molecule has 0 aliphatic heterocycles. The zero-order chi connectivity index (χ0) is 24.3. The molecule has 0 amide bonds. The monoisotopic (exact) mass is 468 g/mol. The Morgan fingerprint density at radius 3 is 1.65 bits per heavy atom. The summed E-state index contributed by atoms with van der Waals surface area (Å²) in [5, 5.41) is 0. The Kier molecular flexibility index (Phi) is 14.6. The number of hydrogen-bond donors (Lipinski definition) is 0. The van der Waals surface area contributed by atoms with Crippen molar-refractivity contribution in [2.45, 2.75) is 97.5 Å². The van der Waals surface area contributed by atoms with Gasteiger partial charge in [0.2, 0.25) is 5.43 Å². The first-order chi connectivity index (χ1) is 16.7. The van der Waals surface area contributed by atoms with E-state index in [0.717, 1.165) is 37.2 Å². The second kappa shape index (κ2) is 17.9. The van der Waals surface area contributed by atoms with Crippen LogP contribution in [0.2, 0.25) is 0 Å². The summed E-state index contributed by atoms with van der Waals surface area (Å²) in [7, 11) is 0. The third-order valence-corrected chi connectivity index (χ3v) is 5.89. The standard InChI is InChI=1S/C30H44O4/c1-3-5-7-8-9-10-11-12-13-14-24-33-28-19-21-29(31)30(22-20-28)34-25-26-15-17-27(18-16-26)32-23-6-4-2/h15-22H,3-14,23-25H2,1-2H3. The molecule has 0 heterocycles. The summed E-state index contributed by atoms with van der Waals surface area (Å²) in [6.45, 7) is 6.15. The van der Waals surface area contributed by atoms with E-state index < -0.39 is 0 Å². The van der Waals surface area contributed by atoms with E-state index in [4.69, 9.17) is 14.2 Å². The van der Waals surface area contributed by atoms with Crippen LogP contribution < -0.4 is 19.6 Å². The van der Waals surface area contributed by atoms with Gasteiger partial charge in [0.25, 0.3) is 0 Å². The van der Waals surface area contributed by atoms with Gasteiger partial charge in [-0.05, 0) is 54.8 Å². The van der Waals surface area contributed by atoms with Gasteiger partial charge in [0.05, 0.1) is 13.2 Å². The Bertz CT molecular complexity index is 832. The molecule has 0 aliphatic carbocycles. The van der Waals surface area contributed by atoms with Gasteiger partial charge in [-0.15, -0.1) is 0 Å². The fourth-order valence-corrected chi connectivity index (χ4v) is 3.71. The van der Waals surface area contributed by atoms with Crippen LogP contribution in [-0.4, -0.2) is 13.2 Å². The predicted octanol–water partition coefficient (Wildman–Crippen LogP) is 8.10. The van der Waals surface area contributed by atoms with Crippen molar-refractivity contribution in [1.82, 2.24) is 0 Å². The highest BCUT2D eigenvalue weighted by Crippen LogP contribution is 2.16. The van der Waals surface area contributed by atoms with E-state index in [1.54, 1.807) is 12.1 Å². The van der Waals surface area contributed by atoms with Crippen molar-refractivity contribution in [2.75, 3.05) is 13.2 Å². The summed E-state index contributed by atoms with van der Waals surface area (Å²) < 4.78 is 17.3. The maximum atomic E-state index is 12.4. The molecule has 0 spiro atoms. The van der Waals surface area contributed by atoms with Gasteiger partial charge in [-0.25, -0.2) is 0 Å². The average Bonchev–Trinajstić information content (AvgIpc) is 3.03. The third kappa shape index (κ3) is 12.1. The molecule has 2 rings (SSSR count). The van der Waals surface area contributed by atoms with Crippen LogP contribution in [0.3, 0.4) is 0 Å². The van der Waals surface area contributed by atoms with Gasteiger partial charge < -0.3 is 14.2 Å². The molecule has 4 heteroatoms. The quantitative estimate of drug-likeness (QED) is 0.195. The van der Waals surface area contributed by atoms with Gasteiger partial charge in [0.15, 0.2) is 5.75 Å². The highest BCUT2D eigenvalue weighted by Gasteiger charge is 2.02. The van der Waals surface area contributed by atoms with Crippen molar-refractivity contribution >= 4 is 0 Å². The van der Waals surface area contributed by atoms with Crippen LogP contribution in [0.4, 0.5) is 0 Å². The Balaban J connectivity index is 1.66. The number of hydrogen-bond acceptors (Lipinski definition) is 4. The second-order valence-electron chi connectivity index (χ2n) is 8.96. The lowest BCUT2D eigenvalue weighted by Crippen LogP contribution is -2.04. The van der Waals surface area contributed by atoms with Crippen molar-refractivity contribution in [2.24, 2.45) is 0 Å². The smallest absolute Gasteiger partial charge is 0.220 e. The van der Waals surface area contributed by atoms with Crippen LogP contribution in [-0.2, 0) is 6.61 Å². The van der Waals surface area contributed by atoms with Crippen molar-refractivity contribution < 1.29 is 14.2 Å². The van der Waals surface area contributed by atoms with Crippen LogP contribution in [0.25, 0.3) is 0 Å². The minimum atomic E-state index is -0.145. The molecule has 0 aliphatic rings. The van der Waals surface area contributed by atoms with Crippen LogP contribution in [0.1, 0.15) is 96.5 Å². The van der Waals surface area contributed by atoms with Crippen LogP contribution in [0, 0.1) is 0 Å². The molecular formula is C30H44O4. The molecule has 0 fully saturated rings. The largest absolute Gasteiger partial charge is 0.494 e. The molecule has 0 radical (unpaired) electrons. The zero-order valence-corrected chi connectivity index (χ0v) is 21.4. The normalized spacial score (nSPS) is 10.8. The third-order valence-electron chi connectivity index (χ3n) is 5.89. The topological polar surface area (TPSA) is 44.8 Å². The van der Waals surface area contributed by atoms with Crippen molar-refractivity contribution in [1.29, 1.82) is 0 Å². The molecule has 188 valence electrons. The molecule has 0 N–H and O–H groups in total. The van der Waals surface area contributed by atoms with Crippen LogP contribution >= 0.6 is 0 Å². The van der Waals surface area contributed by atoms with Gasteiger partial charge in [0.1, 0.15) is 18.1 Å². The first-order valence-electron chi connectivity index (χ1n) is 13.3. The Morgan fingerprint density at radius 2 is 1.03 bits per heavy atom. The van der Waals surface area contributed by atoms with E-state index in [9.17, 15) is 4.79 Å². The van der Waals surface area contributed by atoms with Gasteiger partial charge >= 0.3 is 0 Å². The van der Waals surface area contributed by atoms with Gasteiger partial charge in [-0.1, -0.05) is 90.2 Å². The Hall–Kier alpha value is -2.49. The number of rotatable bonds is 19. The Labute approximate surface area is 206 Å². The molecule has 2 aromatic rings. The first kappa shape index (κ1) is 27.8. The zero-order valence-electron chi connectivity index (χ0n) is 21.4. The van der Waals surface area contributed by atoms with E-state index >= 15 is 0 Å². The fraction of sp³-hybridized carbons (Fsp3) is 0.567. The average molecular weight is 469 g/mol. The number of unbranched alkanes of at least 4 members (excludes halogenated alkanes) is 10. The van der Waals surface area contributed by atoms with Gasteiger partial charge in [-0.3, -0.25) is 4.79 Å². The number of benzene rings is 1. The van der Waals surface area contributed by atoms with Gasteiger partial charge in [0, 0.05) is 0 Å². The molecule has 34 heavy (non-hydrogen) atoms. The number of ether oxygens (including phenoxy) is 3. The highest BCUT2D eigenvalue weighted by molar-refractivity contribution is 5.30. The summed E-state index contributed by atoms with van der Waals surface area (Å²) in [5.41, 5.74) is 0.847. The Morgan fingerprint density at radius 1 is 0.529 bits per heavy atom. The predicted molar refractivity (Wildman–Crippen MR) is 141 cm³/mol. The van der Waals surface area contributed by atoms with E-state index in [-0.39, 0.29) is 5.43 Å². The maximum absolute atomic E-state index is 12.4. The molecular weight excluding hydrogens is 424 g/mol. The maximum Gasteiger partial charge on any atom is 0.220 e. The molecule has 2 aromatic carbocycles. The van der Waals surface area contributed by atoms with Crippen molar-refractivity contribution in [3.8, 4) is 17.2 Å². The highest BCUT2D eigenvalue weighted by atomic mass is 16.5. The molecule has 0 saturated carbocycles. The SMILES string of the molecule is CCCCCCCCCCCCOc1ccc(OCc2ccc(OCCCC)cc2)c(=O)cc1. The fourth-order valence-electron chi connectivity index (χ4n) is 3.71. The second-order valence-corrected chi connectivity index (χ2v) is 8.96. The van der Waals surface area contributed by atoms with E-state index in [1.807, 2.05) is 30.3 Å². The summed E-state index contributed by atoms with van der Waals surface area (Å²) >= 11 is 0. The lowest BCUT2D eigenvalue weighted by Gasteiger charge is -2.07. The van der Waals surface area contributed by atoms with E-state index in [2.05, 4.69) is 13.8 Å². The summed E-state index contributed by atoms with van der Waals surface area (Å²) in [6.07, 6.45) is 15.2. The van der Waals surface area contributed by atoms with Crippen molar-refractivity contribution in [3.63, 3.8) is 0 Å². The lowest BCUT2D eigenvalue weighted by molar-refractivity contribution is 0.299. The van der Waals surface area contributed by atoms with Crippen LogP contribution in [0.5, 0.6) is 17.2 Å². The summed E-state index contributed by atoms with van der Waals surface area (Å²) in [6, 6.07) is 14.6. The molecule has 0 bridgehead atoms. The summed E-state index contributed by atoms with van der Waals surface area (Å²) in [5.74, 6) is 1.89. The minimum absolute atomic E-state index is 0.145. The molecule has 0 atom stereocenters. The molecule has 0 saturated heterocycles. The van der Waals surface area contributed by atoms with E-state index in [1.165, 1.54) is 63.9 Å². The molecule has 4 nitrogen and oxygen atoms in total. The van der Waals surface area contributed by atoms with Gasteiger partial charge in [-0.2, -0.15) is 0 Å². The first-order valence-corrected chi connectivity index (χ1v) is 13.3. The summed E-state index contributed by atoms with van der Waals surface area (Å²) in [4.78, 5) is 12.4. The van der Waals surface area contributed by atoms with Crippen molar-refractivity contribution in [3.05, 3.63) is 64.3 Å².